The van der Waals surface area contributed by atoms with Crippen LogP contribution in [-0.2, 0) is 0 Å². The second-order valence-corrected chi connectivity index (χ2v) is 6.43. The van der Waals surface area contributed by atoms with E-state index in [-0.39, 0.29) is 6.10 Å². The first-order valence-electron chi connectivity index (χ1n) is 4.53. The molecule has 0 aromatic heterocycles. The van der Waals surface area contributed by atoms with Gasteiger partial charge in [0.05, 0.1) is 6.10 Å². The van der Waals surface area contributed by atoms with E-state index in [1.807, 2.05) is 23.5 Å². The lowest BCUT2D eigenvalue weighted by Gasteiger charge is -2.33. The van der Waals surface area contributed by atoms with Crippen LogP contribution in [0.1, 0.15) is 20.3 Å². The van der Waals surface area contributed by atoms with Gasteiger partial charge in [-0.25, -0.2) is 0 Å². The van der Waals surface area contributed by atoms with E-state index in [4.69, 9.17) is 6.42 Å². The lowest BCUT2D eigenvalue weighted by molar-refractivity contribution is 0.182. The summed E-state index contributed by atoms with van der Waals surface area (Å²) in [7, 11) is 0. The number of hydrogen-bond acceptors (Lipinski definition) is 3. The van der Waals surface area contributed by atoms with E-state index in [1.54, 1.807) is 0 Å². The van der Waals surface area contributed by atoms with Crippen molar-refractivity contribution in [1.82, 2.24) is 0 Å². The highest BCUT2D eigenvalue weighted by Crippen LogP contribution is 2.37. The maximum absolute atomic E-state index is 9.70. The Hall–Kier alpha value is 0.220. The molecule has 1 aliphatic heterocycles. The second-order valence-electron chi connectivity index (χ2n) is 3.39. The molecular formula is C10H16OS2. The van der Waals surface area contributed by atoms with Gasteiger partial charge in [0.25, 0.3) is 0 Å². The van der Waals surface area contributed by atoms with Crippen LogP contribution < -0.4 is 0 Å². The SMILES string of the molecule is C#CCC(O)C1CSC(C)C(C)S1. The van der Waals surface area contributed by atoms with E-state index in [0.717, 1.165) is 5.75 Å². The summed E-state index contributed by atoms with van der Waals surface area (Å²) in [5, 5.41) is 11.3. The summed E-state index contributed by atoms with van der Waals surface area (Å²) in [6, 6.07) is 0. The van der Waals surface area contributed by atoms with Crippen molar-refractivity contribution in [2.75, 3.05) is 5.75 Å². The molecule has 0 saturated carbocycles. The van der Waals surface area contributed by atoms with Gasteiger partial charge in [-0.2, -0.15) is 23.5 Å². The van der Waals surface area contributed by atoms with Crippen molar-refractivity contribution in [3.8, 4) is 12.3 Å². The molecule has 0 radical (unpaired) electrons. The second kappa shape index (κ2) is 5.19. The molecule has 0 aromatic rings. The molecule has 1 fully saturated rings. The minimum absolute atomic E-state index is 0.322. The first kappa shape index (κ1) is 11.3. The zero-order valence-corrected chi connectivity index (χ0v) is 9.70. The van der Waals surface area contributed by atoms with Gasteiger partial charge in [0.15, 0.2) is 0 Å². The standard InChI is InChI=1S/C10H16OS2/c1-4-5-9(11)10-6-12-7(2)8(3)13-10/h1,7-11H,5-6H2,2-3H3. The van der Waals surface area contributed by atoms with Crippen LogP contribution in [0.15, 0.2) is 0 Å². The third-order valence-corrected chi connectivity index (χ3v) is 5.87. The van der Waals surface area contributed by atoms with Gasteiger partial charge in [0, 0.05) is 27.9 Å². The Bertz CT molecular complexity index is 200. The van der Waals surface area contributed by atoms with Crippen LogP contribution in [0.3, 0.4) is 0 Å². The van der Waals surface area contributed by atoms with Crippen molar-refractivity contribution in [3.63, 3.8) is 0 Å². The molecule has 4 atom stereocenters. The van der Waals surface area contributed by atoms with Gasteiger partial charge in [-0.3, -0.25) is 0 Å². The molecule has 0 amide bonds. The third-order valence-electron chi connectivity index (χ3n) is 2.33. The number of terminal acetylenes is 1. The maximum Gasteiger partial charge on any atom is 0.0775 e. The maximum atomic E-state index is 9.70. The fourth-order valence-electron chi connectivity index (χ4n) is 1.26. The lowest BCUT2D eigenvalue weighted by Crippen LogP contribution is -2.34. The number of aliphatic hydroxyl groups is 1. The molecule has 1 nitrogen and oxygen atoms in total. The lowest BCUT2D eigenvalue weighted by atomic mass is 10.2. The molecule has 0 aromatic carbocycles. The van der Waals surface area contributed by atoms with Gasteiger partial charge in [0.2, 0.25) is 0 Å². The minimum atomic E-state index is -0.322. The Morgan fingerprint density at radius 3 is 2.77 bits per heavy atom. The van der Waals surface area contributed by atoms with Crippen molar-refractivity contribution in [1.29, 1.82) is 0 Å². The number of thioether (sulfide) groups is 2. The van der Waals surface area contributed by atoms with Crippen LogP contribution in [0, 0.1) is 12.3 Å². The quantitative estimate of drug-likeness (QED) is 0.713. The molecule has 4 unspecified atom stereocenters. The van der Waals surface area contributed by atoms with Gasteiger partial charge in [-0.05, 0) is 0 Å². The Balaban J connectivity index is 2.41. The van der Waals surface area contributed by atoms with Crippen molar-refractivity contribution in [3.05, 3.63) is 0 Å². The zero-order valence-electron chi connectivity index (χ0n) is 8.06. The van der Waals surface area contributed by atoms with Gasteiger partial charge in [-0.15, -0.1) is 12.3 Å². The van der Waals surface area contributed by atoms with E-state index < -0.39 is 0 Å². The molecular weight excluding hydrogens is 200 g/mol. The van der Waals surface area contributed by atoms with Crippen LogP contribution in [0.4, 0.5) is 0 Å². The van der Waals surface area contributed by atoms with Crippen molar-refractivity contribution in [2.45, 2.75) is 42.1 Å². The van der Waals surface area contributed by atoms with Crippen LogP contribution in [0.2, 0.25) is 0 Å². The molecule has 74 valence electrons. The van der Waals surface area contributed by atoms with Gasteiger partial charge >= 0.3 is 0 Å². The molecule has 0 bridgehead atoms. The first-order chi connectivity index (χ1) is 6.15. The first-order valence-corrected chi connectivity index (χ1v) is 6.53. The molecule has 1 rings (SSSR count). The van der Waals surface area contributed by atoms with E-state index >= 15 is 0 Å². The number of hydrogen-bond donors (Lipinski definition) is 1. The summed E-state index contributed by atoms with van der Waals surface area (Å²) >= 11 is 3.82. The summed E-state index contributed by atoms with van der Waals surface area (Å²) in [4.78, 5) is 0. The minimum Gasteiger partial charge on any atom is -0.391 e. The van der Waals surface area contributed by atoms with Crippen molar-refractivity contribution in [2.24, 2.45) is 0 Å². The average Bonchev–Trinajstić information content (AvgIpc) is 2.10. The van der Waals surface area contributed by atoms with E-state index in [9.17, 15) is 5.11 Å². The zero-order chi connectivity index (χ0) is 9.84. The monoisotopic (exact) mass is 216 g/mol. The molecule has 0 aliphatic carbocycles. The molecule has 1 heterocycles. The Kier molecular flexibility index (Phi) is 4.51. The summed E-state index contributed by atoms with van der Waals surface area (Å²) in [5.41, 5.74) is 0. The number of rotatable bonds is 2. The molecule has 1 aliphatic rings. The van der Waals surface area contributed by atoms with Gasteiger partial charge < -0.3 is 5.11 Å². The van der Waals surface area contributed by atoms with E-state index in [0.29, 0.717) is 22.2 Å². The highest BCUT2D eigenvalue weighted by molar-refractivity contribution is 8.07. The largest absolute Gasteiger partial charge is 0.391 e. The average molecular weight is 216 g/mol. The van der Waals surface area contributed by atoms with Gasteiger partial charge in [-0.1, -0.05) is 13.8 Å². The summed E-state index contributed by atoms with van der Waals surface area (Å²) in [6.07, 6.45) is 5.34. The van der Waals surface area contributed by atoms with E-state index in [1.165, 1.54) is 0 Å². The summed E-state index contributed by atoms with van der Waals surface area (Å²) in [6.45, 7) is 4.46. The fourth-order valence-corrected chi connectivity index (χ4v) is 4.28. The van der Waals surface area contributed by atoms with Crippen LogP contribution in [0.5, 0.6) is 0 Å². The Morgan fingerprint density at radius 1 is 1.54 bits per heavy atom. The molecule has 1 N–H and O–H groups in total. The van der Waals surface area contributed by atoms with Crippen LogP contribution in [0.25, 0.3) is 0 Å². The summed E-state index contributed by atoms with van der Waals surface area (Å²) in [5.74, 6) is 3.55. The normalized spacial score (nSPS) is 36.6. The Morgan fingerprint density at radius 2 is 2.23 bits per heavy atom. The third kappa shape index (κ3) is 3.12. The summed E-state index contributed by atoms with van der Waals surface area (Å²) < 4.78 is 0. The van der Waals surface area contributed by atoms with Crippen LogP contribution in [-0.4, -0.2) is 32.7 Å². The van der Waals surface area contributed by atoms with Crippen molar-refractivity contribution < 1.29 is 5.11 Å². The van der Waals surface area contributed by atoms with Gasteiger partial charge in [0.1, 0.15) is 0 Å². The highest BCUT2D eigenvalue weighted by Gasteiger charge is 2.29. The predicted molar refractivity (Wildman–Crippen MR) is 62.2 cm³/mol. The van der Waals surface area contributed by atoms with Crippen LogP contribution >= 0.6 is 23.5 Å². The molecule has 13 heavy (non-hydrogen) atoms. The molecule has 1 saturated heterocycles. The smallest absolute Gasteiger partial charge is 0.0775 e. The number of aliphatic hydroxyl groups excluding tert-OH is 1. The predicted octanol–water partition coefficient (Wildman–Crippen LogP) is 2.00. The Labute approximate surface area is 89.1 Å². The van der Waals surface area contributed by atoms with E-state index in [2.05, 4.69) is 19.8 Å². The molecule has 0 spiro atoms. The topological polar surface area (TPSA) is 20.2 Å². The fraction of sp³-hybridized carbons (Fsp3) is 0.800. The highest BCUT2D eigenvalue weighted by atomic mass is 32.2. The molecule has 3 heteroatoms. The van der Waals surface area contributed by atoms with Crippen molar-refractivity contribution >= 4 is 23.5 Å².